The van der Waals surface area contributed by atoms with Crippen LogP contribution in [-0.2, 0) is 9.53 Å². The molecule has 3 nitrogen and oxygen atoms in total. The molecule has 3 heteroatoms. The predicted octanol–water partition coefficient (Wildman–Crippen LogP) is 2.59. The average Bonchev–Trinajstić information content (AvgIpc) is 2.90. The van der Waals surface area contributed by atoms with Crippen molar-refractivity contribution < 1.29 is 9.53 Å². The summed E-state index contributed by atoms with van der Waals surface area (Å²) in [7, 11) is 1.54. The van der Waals surface area contributed by atoms with Gasteiger partial charge in [-0.25, -0.2) is 0 Å². The van der Waals surface area contributed by atoms with Gasteiger partial charge in [0, 0.05) is 6.04 Å². The lowest BCUT2D eigenvalue weighted by atomic mass is 9.94. The van der Waals surface area contributed by atoms with Crippen LogP contribution >= 0.6 is 0 Å². The van der Waals surface area contributed by atoms with Crippen molar-refractivity contribution >= 4 is 5.97 Å². The van der Waals surface area contributed by atoms with Gasteiger partial charge in [0.15, 0.2) is 0 Å². The van der Waals surface area contributed by atoms with Gasteiger partial charge in [-0.05, 0) is 56.9 Å². The van der Waals surface area contributed by atoms with Crippen LogP contribution in [0, 0.1) is 11.8 Å². The maximum Gasteiger partial charge on any atom is 0.323 e. The lowest BCUT2D eigenvalue weighted by molar-refractivity contribution is -0.148. The van der Waals surface area contributed by atoms with E-state index in [1.165, 1.54) is 51.4 Å². The Hall–Kier alpha value is -0.570. The van der Waals surface area contributed by atoms with Gasteiger partial charge >= 0.3 is 5.97 Å². The molecule has 0 aromatic carbocycles. The van der Waals surface area contributed by atoms with E-state index in [1.54, 1.807) is 7.11 Å². The number of carbonyl (C=O) groups is 1. The summed E-state index contributed by atoms with van der Waals surface area (Å²) in [5.41, 5.74) is 0. The van der Waals surface area contributed by atoms with Crippen LogP contribution in [0.15, 0.2) is 0 Å². The molecule has 2 atom stereocenters. The lowest BCUT2D eigenvalue weighted by Gasteiger charge is -2.34. The average molecular weight is 251 g/mol. The van der Waals surface area contributed by atoms with Gasteiger partial charge in [-0.1, -0.05) is 12.8 Å². The minimum absolute atomic E-state index is 0.0161. The summed E-state index contributed by atoms with van der Waals surface area (Å²) in [6.07, 6.45) is 10.5. The summed E-state index contributed by atoms with van der Waals surface area (Å²) in [6.45, 7) is 1.11. The largest absolute Gasteiger partial charge is 0.468 e. The Labute approximate surface area is 110 Å². The van der Waals surface area contributed by atoms with E-state index in [2.05, 4.69) is 4.90 Å². The first-order valence-electron chi connectivity index (χ1n) is 7.65. The molecule has 1 heterocycles. The number of esters is 1. The molecule has 2 saturated carbocycles. The molecule has 18 heavy (non-hydrogen) atoms. The van der Waals surface area contributed by atoms with Crippen LogP contribution in [0.4, 0.5) is 0 Å². The minimum atomic E-state index is 0.0161. The fourth-order valence-electron chi connectivity index (χ4n) is 4.14. The van der Waals surface area contributed by atoms with Gasteiger partial charge < -0.3 is 4.74 Å². The van der Waals surface area contributed by atoms with Gasteiger partial charge in [-0.3, -0.25) is 9.69 Å². The summed E-state index contributed by atoms with van der Waals surface area (Å²) in [6, 6.07) is 0.736. The third-order valence-corrected chi connectivity index (χ3v) is 5.15. The second-order valence-electron chi connectivity index (χ2n) is 6.30. The highest BCUT2D eigenvalue weighted by atomic mass is 16.5. The lowest BCUT2D eigenvalue weighted by Crippen LogP contribution is -2.48. The minimum Gasteiger partial charge on any atom is -0.468 e. The smallest absolute Gasteiger partial charge is 0.323 e. The fourth-order valence-corrected chi connectivity index (χ4v) is 4.14. The third-order valence-electron chi connectivity index (χ3n) is 5.15. The first-order valence-corrected chi connectivity index (χ1v) is 7.65. The zero-order valence-electron chi connectivity index (χ0n) is 11.4. The number of hydrogen-bond acceptors (Lipinski definition) is 3. The maximum atomic E-state index is 12.1. The van der Waals surface area contributed by atoms with Crippen molar-refractivity contribution in [2.45, 2.75) is 63.5 Å². The maximum absolute atomic E-state index is 12.1. The number of ether oxygens (including phenoxy) is 1. The number of rotatable bonds is 4. The molecule has 0 aromatic heterocycles. The first-order chi connectivity index (χ1) is 8.81. The SMILES string of the molecule is COC(=O)C(C1CC1)N1CCCC1C1CCCC1. The first kappa shape index (κ1) is 12.5. The van der Waals surface area contributed by atoms with E-state index in [4.69, 9.17) is 4.74 Å². The van der Waals surface area contributed by atoms with Crippen molar-refractivity contribution in [1.29, 1.82) is 0 Å². The van der Waals surface area contributed by atoms with Gasteiger partial charge in [0.2, 0.25) is 0 Å². The highest BCUT2D eigenvalue weighted by molar-refractivity contribution is 5.76. The van der Waals surface area contributed by atoms with Crippen molar-refractivity contribution in [1.82, 2.24) is 4.90 Å². The number of carbonyl (C=O) groups excluding carboxylic acids is 1. The van der Waals surface area contributed by atoms with E-state index in [1.807, 2.05) is 0 Å². The number of nitrogens with zero attached hydrogens (tertiary/aromatic N) is 1. The number of methoxy groups -OCH3 is 1. The molecule has 3 fully saturated rings. The van der Waals surface area contributed by atoms with Gasteiger partial charge in [0.25, 0.3) is 0 Å². The molecule has 102 valence electrons. The standard InChI is InChI=1S/C15H25NO2/c1-18-15(17)14(12-8-9-12)16-10-4-7-13(16)11-5-2-3-6-11/h11-14H,2-10H2,1H3. The molecule has 1 aliphatic heterocycles. The van der Waals surface area contributed by atoms with Crippen LogP contribution in [0.2, 0.25) is 0 Å². The molecule has 2 aliphatic carbocycles. The topological polar surface area (TPSA) is 29.5 Å². The van der Waals surface area contributed by atoms with Gasteiger partial charge in [-0.2, -0.15) is 0 Å². The van der Waals surface area contributed by atoms with Crippen LogP contribution in [0.25, 0.3) is 0 Å². The Morgan fingerprint density at radius 2 is 1.83 bits per heavy atom. The summed E-state index contributed by atoms with van der Waals surface area (Å²) in [5.74, 6) is 1.44. The second kappa shape index (κ2) is 5.20. The molecule has 0 spiro atoms. The van der Waals surface area contributed by atoms with E-state index < -0.39 is 0 Å². The molecule has 3 rings (SSSR count). The van der Waals surface area contributed by atoms with Gasteiger partial charge in [-0.15, -0.1) is 0 Å². The van der Waals surface area contributed by atoms with Crippen LogP contribution < -0.4 is 0 Å². The Morgan fingerprint density at radius 3 is 2.44 bits per heavy atom. The molecule has 1 saturated heterocycles. The summed E-state index contributed by atoms with van der Waals surface area (Å²) < 4.78 is 5.06. The van der Waals surface area contributed by atoms with Crippen LogP contribution in [0.1, 0.15) is 51.4 Å². The normalized spacial score (nSPS) is 31.7. The monoisotopic (exact) mass is 251 g/mol. The molecule has 0 radical (unpaired) electrons. The van der Waals surface area contributed by atoms with Crippen LogP contribution in [-0.4, -0.2) is 36.6 Å². The molecule has 2 unspecified atom stereocenters. The molecule has 3 aliphatic rings. The molecular weight excluding hydrogens is 226 g/mol. The number of likely N-dealkylation sites (tertiary alicyclic amines) is 1. The molecular formula is C15H25NO2. The highest BCUT2D eigenvalue weighted by Crippen LogP contribution is 2.42. The Bertz CT molecular complexity index is 308. The van der Waals surface area contributed by atoms with E-state index in [0.717, 1.165) is 12.5 Å². The summed E-state index contributed by atoms with van der Waals surface area (Å²) in [5, 5.41) is 0. The summed E-state index contributed by atoms with van der Waals surface area (Å²) >= 11 is 0. The molecule has 0 aromatic rings. The molecule has 0 N–H and O–H groups in total. The zero-order chi connectivity index (χ0) is 12.5. The third kappa shape index (κ3) is 2.29. The molecule has 0 bridgehead atoms. The summed E-state index contributed by atoms with van der Waals surface area (Å²) in [4.78, 5) is 14.6. The van der Waals surface area contributed by atoms with Gasteiger partial charge in [0.05, 0.1) is 7.11 Å². The van der Waals surface area contributed by atoms with E-state index in [-0.39, 0.29) is 12.0 Å². The highest BCUT2D eigenvalue weighted by Gasteiger charge is 2.46. The quantitative estimate of drug-likeness (QED) is 0.719. The second-order valence-corrected chi connectivity index (χ2v) is 6.30. The van der Waals surface area contributed by atoms with E-state index >= 15 is 0 Å². The zero-order valence-corrected chi connectivity index (χ0v) is 11.4. The van der Waals surface area contributed by atoms with Crippen molar-refractivity contribution in [3.8, 4) is 0 Å². The molecule has 0 amide bonds. The van der Waals surface area contributed by atoms with Crippen LogP contribution in [0.3, 0.4) is 0 Å². The van der Waals surface area contributed by atoms with Crippen molar-refractivity contribution in [3.05, 3.63) is 0 Å². The number of hydrogen-bond donors (Lipinski definition) is 0. The predicted molar refractivity (Wildman–Crippen MR) is 70.2 cm³/mol. The van der Waals surface area contributed by atoms with E-state index in [0.29, 0.717) is 12.0 Å². The fraction of sp³-hybridized carbons (Fsp3) is 0.933. The van der Waals surface area contributed by atoms with E-state index in [9.17, 15) is 4.79 Å². The Kier molecular flexibility index (Phi) is 3.60. The van der Waals surface area contributed by atoms with Crippen molar-refractivity contribution in [3.63, 3.8) is 0 Å². The van der Waals surface area contributed by atoms with Crippen molar-refractivity contribution in [2.75, 3.05) is 13.7 Å². The van der Waals surface area contributed by atoms with Crippen LogP contribution in [0.5, 0.6) is 0 Å². The van der Waals surface area contributed by atoms with Gasteiger partial charge in [0.1, 0.15) is 6.04 Å². The van der Waals surface area contributed by atoms with Crippen molar-refractivity contribution in [2.24, 2.45) is 11.8 Å². The Balaban J connectivity index is 1.73. The Morgan fingerprint density at radius 1 is 1.11 bits per heavy atom.